The summed E-state index contributed by atoms with van der Waals surface area (Å²) in [5.74, 6) is -0.590. The van der Waals surface area contributed by atoms with Crippen molar-refractivity contribution in [3.63, 3.8) is 0 Å². The molecule has 0 aromatic heterocycles. The molecule has 0 aliphatic carbocycles. The molecule has 3 aromatic carbocycles. The third-order valence-corrected chi connectivity index (χ3v) is 12.1. The van der Waals surface area contributed by atoms with Crippen molar-refractivity contribution in [2.45, 2.75) is 56.7 Å². The first kappa shape index (κ1) is 28.9. The highest BCUT2D eigenvalue weighted by Crippen LogP contribution is 2.63. The van der Waals surface area contributed by atoms with Crippen LogP contribution >= 0.6 is 0 Å². The van der Waals surface area contributed by atoms with Gasteiger partial charge in [0.1, 0.15) is 11.4 Å². The number of quaternary nitrogens is 1. The second kappa shape index (κ2) is 8.93. The Labute approximate surface area is 247 Å². The third kappa shape index (κ3) is 3.79. The highest BCUT2D eigenvalue weighted by atomic mass is 32.2. The van der Waals surface area contributed by atoms with Gasteiger partial charge in [-0.05, 0) is 50.6 Å². The van der Waals surface area contributed by atoms with Crippen molar-refractivity contribution in [3.05, 3.63) is 95.7 Å². The highest BCUT2D eigenvalue weighted by Gasteiger charge is 2.73. The van der Waals surface area contributed by atoms with Crippen LogP contribution in [0.2, 0.25) is 0 Å². The Morgan fingerprint density at radius 1 is 0.881 bits per heavy atom. The molecule has 0 radical (unpaired) electrons. The van der Waals surface area contributed by atoms with Gasteiger partial charge in [-0.1, -0.05) is 48.5 Å². The van der Waals surface area contributed by atoms with E-state index in [9.17, 15) is 25.9 Å². The van der Waals surface area contributed by atoms with Crippen molar-refractivity contribution >= 4 is 48.1 Å². The normalized spacial score (nSPS) is 27.2. The molecule has 3 aliphatic heterocycles. The van der Waals surface area contributed by atoms with Gasteiger partial charge in [0.25, 0.3) is 5.88 Å². The van der Waals surface area contributed by atoms with E-state index in [1.54, 1.807) is 11.5 Å². The van der Waals surface area contributed by atoms with E-state index >= 15 is 0 Å². The lowest BCUT2D eigenvalue weighted by molar-refractivity contribution is -0.416. The zero-order valence-corrected chi connectivity index (χ0v) is 26.0. The van der Waals surface area contributed by atoms with Crippen LogP contribution in [0.5, 0.6) is 0 Å². The monoisotopic (exact) mass is 608 g/mol. The molecule has 6 rings (SSSR count). The van der Waals surface area contributed by atoms with Crippen LogP contribution in [0.25, 0.3) is 10.8 Å². The molecule has 1 saturated heterocycles. The first-order valence-electron chi connectivity index (χ1n) is 13.9. The highest BCUT2D eigenvalue weighted by molar-refractivity contribution is 7.87. The predicted molar refractivity (Wildman–Crippen MR) is 166 cm³/mol. The largest absolute Gasteiger partial charge is 0.326 e. The lowest BCUT2D eigenvalue weighted by Gasteiger charge is -2.56. The maximum Gasteiger partial charge on any atom is 0.326 e. The number of para-hydroxylation sites is 1. The Kier molecular flexibility index (Phi) is 6.16. The summed E-state index contributed by atoms with van der Waals surface area (Å²) in [5, 5.41) is 2.09. The van der Waals surface area contributed by atoms with Crippen molar-refractivity contribution in [1.29, 1.82) is 0 Å². The third-order valence-electron chi connectivity index (χ3n) is 9.87. The minimum atomic E-state index is -4.46. The van der Waals surface area contributed by atoms with E-state index in [1.807, 2.05) is 86.7 Å². The van der Waals surface area contributed by atoms with Crippen LogP contribution in [0, 0.1) is 0 Å². The van der Waals surface area contributed by atoms with E-state index in [2.05, 4.69) is 19.9 Å². The van der Waals surface area contributed by atoms with Gasteiger partial charge in [-0.25, -0.2) is 4.48 Å². The standard InChI is InChI=1S/C32H34N2O6S2/c1-30(2)24-13-8-9-14-25(24)33(21-41(35,36)37)27(30)15-10-16-28-31(3,4)29-23-12-7-6-11-22(23)17-18-26(29)34(28)20-19-32(34,5)42(38,39)40/h6-18H,19-21H2,1-5H3/p+2. The molecule has 42 heavy (non-hydrogen) atoms. The summed E-state index contributed by atoms with van der Waals surface area (Å²) in [6.07, 6.45) is 5.91. The molecular weight excluding hydrogens is 572 g/mol. The van der Waals surface area contributed by atoms with Gasteiger partial charge < -0.3 is 0 Å². The average molecular weight is 609 g/mol. The Hall–Kier alpha value is -3.15. The van der Waals surface area contributed by atoms with Crippen LogP contribution in [0.4, 0.5) is 11.4 Å². The summed E-state index contributed by atoms with van der Waals surface area (Å²) in [5.41, 5.74) is 3.88. The Balaban J connectivity index is 1.58. The first-order valence-corrected chi connectivity index (χ1v) is 17.0. The van der Waals surface area contributed by atoms with Gasteiger partial charge in [-0.2, -0.15) is 21.4 Å². The van der Waals surface area contributed by atoms with Gasteiger partial charge >= 0.3 is 20.2 Å². The summed E-state index contributed by atoms with van der Waals surface area (Å²) < 4.78 is 72.0. The number of rotatable bonds is 5. The fourth-order valence-corrected chi connectivity index (χ4v) is 9.34. The van der Waals surface area contributed by atoms with E-state index in [1.165, 1.54) is 0 Å². The minimum Gasteiger partial charge on any atom is -0.281 e. The topological polar surface area (TPSA) is 112 Å². The van der Waals surface area contributed by atoms with Gasteiger partial charge in [0.2, 0.25) is 10.6 Å². The summed E-state index contributed by atoms with van der Waals surface area (Å²) in [6, 6.07) is 19.6. The zero-order valence-electron chi connectivity index (χ0n) is 24.4. The summed E-state index contributed by atoms with van der Waals surface area (Å²) >= 11 is 0. The second-order valence-corrected chi connectivity index (χ2v) is 16.1. The average Bonchev–Trinajstić information content (AvgIpc) is 3.24. The van der Waals surface area contributed by atoms with E-state index in [0.717, 1.165) is 33.3 Å². The van der Waals surface area contributed by atoms with Gasteiger partial charge in [0.15, 0.2) is 5.71 Å². The minimum absolute atomic E-state index is 0.00295. The van der Waals surface area contributed by atoms with Crippen LogP contribution in [-0.2, 0) is 31.1 Å². The van der Waals surface area contributed by atoms with Gasteiger partial charge in [0, 0.05) is 36.3 Å². The quantitative estimate of drug-likeness (QED) is 0.215. The van der Waals surface area contributed by atoms with E-state index < -0.39 is 41.8 Å². The molecule has 2 unspecified atom stereocenters. The fraction of sp³-hybridized carbons (Fsp3) is 0.344. The summed E-state index contributed by atoms with van der Waals surface area (Å²) in [7, 11) is -8.80. The van der Waals surface area contributed by atoms with Crippen LogP contribution in [0.15, 0.2) is 84.6 Å². The second-order valence-electron chi connectivity index (χ2n) is 12.8. The molecule has 2 atom stereocenters. The molecule has 8 nitrogen and oxygen atoms in total. The smallest absolute Gasteiger partial charge is 0.281 e. The number of hydrogen-bond acceptors (Lipinski definition) is 4. The molecule has 0 saturated carbocycles. The Morgan fingerprint density at radius 3 is 2.19 bits per heavy atom. The van der Waals surface area contributed by atoms with Crippen LogP contribution in [-0.4, -0.2) is 53.5 Å². The lowest BCUT2D eigenvalue weighted by atomic mass is 9.80. The van der Waals surface area contributed by atoms with Crippen molar-refractivity contribution in [1.82, 2.24) is 4.48 Å². The number of nitrogens with zero attached hydrogens (tertiary/aromatic N) is 2. The molecule has 2 N–H and O–H groups in total. The molecule has 3 aromatic rings. The van der Waals surface area contributed by atoms with E-state index in [4.69, 9.17) is 0 Å². The van der Waals surface area contributed by atoms with Gasteiger partial charge in [-0.3, -0.25) is 9.11 Å². The maximum absolute atomic E-state index is 13.0. The van der Waals surface area contributed by atoms with Crippen LogP contribution in [0.3, 0.4) is 0 Å². The zero-order chi connectivity index (χ0) is 30.5. The predicted octanol–water partition coefficient (Wildman–Crippen LogP) is 5.81. The number of hydrogen-bond donors (Lipinski definition) is 2. The number of fused-ring (bicyclic) bond motifs is 5. The molecule has 3 aliphatic rings. The molecule has 0 amide bonds. The molecule has 1 spiro atoms. The molecule has 10 heteroatoms. The molecule has 0 bridgehead atoms. The summed E-state index contributed by atoms with van der Waals surface area (Å²) in [4.78, 5) is -1.47. The first-order chi connectivity index (χ1) is 19.5. The van der Waals surface area contributed by atoms with E-state index in [0.29, 0.717) is 24.4 Å². The van der Waals surface area contributed by atoms with Gasteiger partial charge in [0.05, 0.1) is 23.8 Å². The van der Waals surface area contributed by atoms with Crippen molar-refractivity contribution in [2.75, 3.05) is 12.4 Å². The molecule has 3 heterocycles. The number of benzene rings is 3. The van der Waals surface area contributed by atoms with Crippen molar-refractivity contribution in [2.24, 2.45) is 0 Å². The molecule has 220 valence electrons. The summed E-state index contributed by atoms with van der Waals surface area (Å²) in [6.45, 7) is 10.3. The van der Waals surface area contributed by atoms with Gasteiger partial charge in [-0.15, -0.1) is 0 Å². The fourth-order valence-electron chi connectivity index (χ4n) is 7.71. The Morgan fingerprint density at radius 2 is 1.55 bits per heavy atom. The molecule has 1 fully saturated rings. The van der Waals surface area contributed by atoms with Crippen LogP contribution in [0.1, 0.15) is 52.2 Å². The number of allylic oxidation sites excluding steroid dienone is 4. The lowest BCUT2D eigenvalue weighted by Crippen LogP contribution is -2.76. The Bertz CT molecular complexity index is 1990. The van der Waals surface area contributed by atoms with Crippen molar-refractivity contribution < 1.29 is 30.5 Å². The van der Waals surface area contributed by atoms with Crippen molar-refractivity contribution in [3.8, 4) is 0 Å². The van der Waals surface area contributed by atoms with Crippen LogP contribution < -0.4 is 4.48 Å². The SMILES string of the molecule is CC1(C)C(C=CC=C2C(C)(C)c3c(ccc4ccccc34)[N+]23CCC3(C)S(=O)(=O)O)=[N+](CS(=O)(=O)O)c2ccccc21. The van der Waals surface area contributed by atoms with E-state index in [-0.39, 0.29) is 4.48 Å². The molecular formula is C32H36N2O6S2+2. The maximum atomic E-state index is 13.0.